The van der Waals surface area contributed by atoms with Crippen molar-refractivity contribution in [3.63, 3.8) is 0 Å². The van der Waals surface area contributed by atoms with Crippen LogP contribution < -0.4 is 5.73 Å². The summed E-state index contributed by atoms with van der Waals surface area (Å²) in [4.78, 5) is 12.8. The minimum atomic E-state index is -3.44. The van der Waals surface area contributed by atoms with Gasteiger partial charge in [-0.2, -0.15) is 0 Å². The zero-order valence-corrected chi connectivity index (χ0v) is 11.8. The van der Waals surface area contributed by atoms with Gasteiger partial charge in [-0.15, -0.1) is 0 Å². The molecular formula is C11H22N2O3S. The van der Waals surface area contributed by atoms with E-state index in [9.17, 15) is 13.2 Å². The molecule has 0 aliphatic heterocycles. The zero-order chi connectivity index (χ0) is 13.4. The lowest BCUT2D eigenvalue weighted by atomic mass is 9.88. The van der Waals surface area contributed by atoms with Gasteiger partial charge in [-0.3, -0.25) is 4.79 Å². The molecule has 0 aromatic heterocycles. The van der Waals surface area contributed by atoms with E-state index in [0.29, 0.717) is 6.42 Å². The van der Waals surface area contributed by atoms with E-state index in [0.717, 1.165) is 6.42 Å². The first-order valence-electron chi connectivity index (χ1n) is 5.75. The Labute approximate surface area is 103 Å². The number of nitrogens with zero attached hydrogens (tertiary/aromatic N) is 1. The van der Waals surface area contributed by atoms with Crippen molar-refractivity contribution in [3.8, 4) is 0 Å². The molecule has 5 nitrogen and oxygen atoms in total. The summed E-state index contributed by atoms with van der Waals surface area (Å²) in [5, 5.41) is -0.582. The minimum absolute atomic E-state index is 0.168. The molecule has 0 aromatic carbocycles. The quantitative estimate of drug-likeness (QED) is 0.776. The average Bonchev–Trinajstić information content (AvgIpc) is 2.41. The second kappa shape index (κ2) is 4.57. The zero-order valence-electron chi connectivity index (χ0n) is 10.9. The number of carbonyl (C=O) groups excluding carboxylic acids is 1. The summed E-state index contributed by atoms with van der Waals surface area (Å²) in [7, 11) is -0.337. The largest absolute Gasteiger partial charge is 0.348 e. The molecule has 2 atom stereocenters. The number of carbonyl (C=O) groups is 1. The van der Waals surface area contributed by atoms with Gasteiger partial charge in [-0.1, -0.05) is 13.8 Å². The molecule has 17 heavy (non-hydrogen) atoms. The van der Waals surface area contributed by atoms with Crippen LogP contribution in [0.1, 0.15) is 26.7 Å². The van der Waals surface area contributed by atoms with Crippen molar-refractivity contribution >= 4 is 15.7 Å². The van der Waals surface area contributed by atoms with Crippen molar-refractivity contribution in [3.05, 3.63) is 0 Å². The molecule has 1 aliphatic carbocycles. The molecule has 0 aromatic rings. The first-order valence-corrected chi connectivity index (χ1v) is 7.47. The van der Waals surface area contributed by atoms with Gasteiger partial charge >= 0.3 is 0 Å². The molecule has 0 heterocycles. The van der Waals surface area contributed by atoms with E-state index in [4.69, 9.17) is 5.73 Å². The van der Waals surface area contributed by atoms with E-state index in [1.807, 2.05) is 13.8 Å². The Balaban J connectivity index is 2.83. The van der Waals surface area contributed by atoms with E-state index < -0.39 is 20.8 Å². The highest BCUT2D eigenvalue weighted by atomic mass is 32.2. The maximum Gasteiger partial charge on any atom is 0.237 e. The Kier molecular flexibility index (Phi) is 3.88. The molecule has 2 N–H and O–H groups in total. The van der Waals surface area contributed by atoms with Crippen LogP contribution in [0.25, 0.3) is 0 Å². The van der Waals surface area contributed by atoms with Crippen molar-refractivity contribution in [1.82, 2.24) is 4.90 Å². The van der Waals surface area contributed by atoms with Crippen LogP contribution in [0.5, 0.6) is 0 Å². The number of nitrogens with two attached hydrogens (primary N) is 1. The van der Waals surface area contributed by atoms with Crippen LogP contribution in [-0.4, -0.2) is 50.4 Å². The summed E-state index contributed by atoms with van der Waals surface area (Å²) in [5.74, 6) is -0.823. The van der Waals surface area contributed by atoms with Crippen molar-refractivity contribution in [2.24, 2.45) is 11.1 Å². The summed E-state index contributed by atoms with van der Waals surface area (Å²) in [5.41, 5.74) is 5.82. The van der Waals surface area contributed by atoms with Gasteiger partial charge in [0.2, 0.25) is 5.91 Å². The summed E-state index contributed by atoms with van der Waals surface area (Å²) < 4.78 is 24.2. The fourth-order valence-electron chi connectivity index (χ4n) is 2.17. The van der Waals surface area contributed by atoms with Crippen LogP contribution in [0.4, 0.5) is 0 Å². The number of amides is 1. The van der Waals surface area contributed by atoms with Crippen LogP contribution in [0.15, 0.2) is 0 Å². The maximum absolute atomic E-state index is 12.1. The van der Waals surface area contributed by atoms with Crippen molar-refractivity contribution in [2.75, 3.05) is 19.8 Å². The van der Waals surface area contributed by atoms with Crippen molar-refractivity contribution in [1.29, 1.82) is 0 Å². The third-order valence-electron chi connectivity index (χ3n) is 3.66. The summed E-state index contributed by atoms with van der Waals surface area (Å²) in [6.45, 7) is 3.95. The van der Waals surface area contributed by atoms with Crippen LogP contribution in [-0.2, 0) is 14.6 Å². The molecule has 100 valence electrons. The lowest BCUT2D eigenvalue weighted by molar-refractivity contribution is -0.125. The molecule has 1 amide bonds. The van der Waals surface area contributed by atoms with E-state index >= 15 is 0 Å². The predicted octanol–water partition coefficient (Wildman–Crippen LogP) is 0.00530. The fourth-order valence-corrected chi connectivity index (χ4v) is 4.28. The summed E-state index contributed by atoms with van der Waals surface area (Å²) >= 11 is 0. The van der Waals surface area contributed by atoms with Gasteiger partial charge in [-0.05, 0) is 18.3 Å². The van der Waals surface area contributed by atoms with Crippen LogP contribution in [0.3, 0.4) is 0 Å². The average molecular weight is 262 g/mol. The molecule has 1 saturated carbocycles. The third-order valence-corrected chi connectivity index (χ3v) is 5.76. The van der Waals surface area contributed by atoms with Gasteiger partial charge in [0.15, 0.2) is 9.84 Å². The van der Waals surface area contributed by atoms with Crippen molar-refractivity contribution < 1.29 is 13.2 Å². The molecule has 0 radical (unpaired) electrons. The Morgan fingerprint density at radius 2 is 1.94 bits per heavy atom. The molecule has 1 fully saturated rings. The van der Waals surface area contributed by atoms with E-state index in [2.05, 4.69) is 0 Å². The fraction of sp³-hybridized carbons (Fsp3) is 0.909. The lowest BCUT2D eigenvalue weighted by Gasteiger charge is -2.26. The first-order chi connectivity index (χ1) is 7.58. The van der Waals surface area contributed by atoms with Crippen molar-refractivity contribution in [2.45, 2.75) is 38.0 Å². The Morgan fingerprint density at radius 1 is 1.41 bits per heavy atom. The van der Waals surface area contributed by atoms with E-state index in [1.54, 1.807) is 14.1 Å². The van der Waals surface area contributed by atoms with Gasteiger partial charge in [0, 0.05) is 20.1 Å². The minimum Gasteiger partial charge on any atom is -0.348 e. The maximum atomic E-state index is 12.1. The molecule has 6 heteroatoms. The van der Waals surface area contributed by atoms with Crippen LogP contribution >= 0.6 is 0 Å². The molecular weight excluding hydrogens is 240 g/mol. The highest BCUT2D eigenvalue weighted by Crippen LogP contribution is 2.39. The van der Waals surface area contributed by atoms with Gasteiger partial charge < -0.3 is 10.6 Å². The Hall–Kier alpha value is -0.620. The summed E-state index contributed by atoms with van der Waals surface area (Å²) in [6, 6.07) is -0.387. The lowest BCUT2D eigenvalue weighted by Crippen LogP contribution is -2.46. The summed E-state index contributed by atoms with van der Waals surface area (Å²) in [6.07, 6.45) is 1.34. The van der Waals surface area contributed by atoms with Crippen LogP contribution in [0, 0.1) is 5.41 Å². The third kappa shape index (κ3) is 2.98. The number of hydrogen-bond donors (Lipinski definition) is 1. The van der Waals surface area contributed by atoms with E-state index in [-0.39, 0.29) is 17.4 Å². The Bertz CT molecular complexity index is 401. The van der Waals surface area contributed by atoms with Gasteiger partial charge in [0.1, 0.15) is 5.75 Å². The molecule has 0 saturated heterocycles. The monoisotopic (exact) mass is 262 g/mol. The van der Waals surface area contributed by atoms with Gasteiger partial charge in [-0.25, -0.2) is 8.42 Å². The number of rotatable bonds is 3. The van der Waals surface area contributed by atoms with Gasteiger partial charge in [0.25, 0.3) is 0 Å². The SMILES string of the molecule is CN(C)C(=O)CS(=O)(=O)C1CCC(C)(C)C1N. The highest BCUT2D eigenvalue weighted by molar-refractivity contribution is 7.92. The second-order valence-electron chi connectivity index (χ2n) is 5.69. The standard InChI is InChI=1S/C11H22N2O3S/c1-11(2)6-5-8(10(11)12)17(15,16)7-9(14)13(3)4/h8,10H,5-7,12H2,1-4H3. The topological polar surface area (TPSA) is 80.5 Å². The molecule has 0 bridgehead atoms. The normalized spacial score (nSPS) is 28.1. The molecule has 2 unspecified atom stereocenters. The molecule has 0 spiro atoms. The first kappa shape index (κ1) is 14.4. The smallest absolute Gasteiger partial charge is 0.237 e. The second-order valence-corrected chi connectivity index (χ2v) is 7.91. The number of sulfone groups is 1. The molecule has 1 aliphatic rings. The number of hydrogen-bond acceptors (Lipinski definition) is 4. The van der Waals surface area contributed by atoms with Gasteiger partial charge in [0.05, 0.1) is 5.25 Å². The molecule has 1 rings (SSSR count). The van der Waals surface area contributed by atoms with Crippen LogP contribution in [0.2, 0.25) is 0 Å². The Morgan fingerprint density at radius 3 is 2.29 bits per heavy atom. The highest BCUT2D eigenvalue weighted by Gasteiger charge is 2.46. The predicted molar refractivity (Wildman–Crippen MR) is 67.3 cm³/mol. The van der Waals surface area contributed by atoms with E-state index in [1.165, 1.54) is 4.90 Å².